The van der Waals surface area contributed by atoms with Crippen molar-refractivity contribution >= 4 is 39.9 Å². The third kappa shape index (κ3) is 3.97. The van der Waals surface area contributed by atoms with E-state index in [2.05, 4.69) is 30.5 Å². The number of benzene rings is 1. The fourth-order valence-corrected chi connectivity index (χ4v) is 3.58. The van der Waals surface area contributed by atoms with Gasteiger partial charge in [-0.05, 0) is 23.9 Å². The fourth-order valence-electron chi connectivity index (χ4n) is 2.38. The molecule has 3 heterocycles. The number of H-pyrrole nitrogens is 1. The first-order chi connectivity index (χ1) is 13.7. The van der Waals surface area contributed by atoms with Crippen LogP contribution in [0.4, 0.5) is 5.13 Å². The second kappa shape index (κ2) is 8.11. The molecule has 8 nitrogen and oxygen atoms in total. The third-order valence-corrected chi connectivity index (χ3v) is 5.13. The summed E-state index contributed by atoms with van der Waals surface area (Å²) in [6, 6.07) is 12.0. The van der Waals surface area contributed by atoms with Gasteiger partial charge in [-0.1, -0.05) is 30.3 Å². The Balaban J connectivity index is 1.71. The quantitative estimate of drug-likeness (QED) is 0.471. The van der Waals surface area contributed by atoms with Crippen LogP contribution in [0.2, 0.25) is 0 Å². The molecule has 1 aromatic carbocycles. The SMILES string of the molecule is O=C(c1ccccc1)c1ccc(Sc2ncn[nH]2)nc1C(=O)Nc1nccs1. The van der Waals surface area contributed by atoms with Gasteiger partial charge in [0.15, 0.2) is 16.1 Å². The van der Waals surface area contributed by atoms with Gasteiger partial charge in [-0.25, -0.2) is 15.0 Å². The van der Waals surface area contributed by atoms with Gasteiger partial charge >= 0.3 is 0 Å². The van der Waals surface area contributed by atoms with Crippen LogP contribution in [0, 0.1) is 0 Å². The van der Waals surface area contributed by atoms with Gasteiger partial charge in [0, 0.05) is 17.1 Å². The van der Waals surface area contributed by atoms with Crippen LogP contribution < -0.4 is 5.32 Å². The van der Waals surface area contributed by atoms with Gasteiger partial charge < -0.3 is 0 Å². The molecule has 0 spiro atoms. The molecule has 0 saturated carbocycles. The highest BCUT2D eigenvalue weighted by molar-refractivity contribution is 7.99. The maximum Gasteiger partial charge on any atom is 0.276 e. The zero-order valence-corrected chi connectivity index (χ0v) is 15.8. The molecule has 0 aliphatic carbocycles. The summed E-state index contributed by atoms with van der Waals surface area (Å²) in [5.74, 6) is -0.789. The normalized spacial score (nSPS) is 10.6. The summed E-state index contributed by atoms with van der Waals surface area (Å²) >= 11 is 2.49. The van der Waals surface area contributed by atoms with Gasteiger partial charge in [0.25, 0.3) is 5.91 Å². The van der Waals surface area contributed by atoms with Crippen LogP contribution in [0.15, 0.2) is 70.6 Å². The molecule has 4 aromatic rings. The average molecular weight is 408 g/mol. The lowest BCUT2D eigenvalue weighted by Gasteiger charge is -2.09. The second-order valence-corrected chi connectivity index (χ2v) is 7.33. The van der Waals surface area contributed by atoms with Crippen molar-refractivity contribution in [3.05, 3.63) is 77.2 Å². The Hall–Kier alpha value is -3.37. The van der Waals surface area contributed by atoms with Crippen LogP contribution in [0.5, 0.6) is 0 Å². The Kier molecular flexibility index (Phi) is 5.22. The van der Waals surface area contributed by atoms with E-state index in [0.29, 0.717) is 20.9 Å². The molecule has 0 aliphatic rings. The minimum absolute atomic E-state index is 0.0218. The smallest absolute Gasteiger partial charge is 0.276 e. The van der Waals surface area contributed by atoms with E-state index in [-0.39, 0.29) is 17.0 Å². The Morgan fingerprint density at radius 2 is 1.93 bits per heavy atom. The zero-order chi connectivity index (χ0) is 19.3. The number of carbonyl (C=O) groups is 2. The largest absolute Gasteiger partial charge is 0.296 e. The summed E-state index contributed by atoms with van der Waals surface area (Å²) < 4.78 is 0. The van der Waals surface area contributed by atoms with Crippen molar-refractivity contribution in [3.8, 4) is 0 Å². The molecular formula is C18H12N6O2S2. The lowest BCUT2D eigenvalue weighted by molar-refractivity contribution is 0.0991. The molecule has 0 radical (unpaired) electrons. The Labute approximate surface area is 167 Å². The highest BCUT2D eigenvalue weighted by Gasteiger charge is 2.22. The molecule has 1 amide bonds. The minimum atomic E-state index is -0.505. The summed E-state index contributed by atoms with van der Waals surface area (Å²) in [6.45, 7) is 0. The zero-order valence-electron chi connectivity index (χ0n) is 14.2. The van der Waals surface area contributed by atoms with E-state index >= 15 is 0 Å². The number of aromatic amines is 1. The predicted molar refractivity (Wildman–Crippen MR) is 105 cm³/mol. The van der Waals surface area contributed by atoms with Gasteiger partial charge in [-0.3, -0.25) is 20.0 Å². The van der Waals surface area contributed by atoms with E-state index < -0.39 is 5.91 Å². The molecular weight excluding hydrogens is 396 g/mol. The Bertz CT molecular complexity index is 1100. The molecule has 3 aromatic heterocycles. The van der Waals surface area contributed by atoms with Crippen molar-refractivity contribution in [1.82, 2.24) is 25.1 Å². The van der Waals surface area contributed by atoms with Crippen molar-refractivity contribution < 1.29 is 9.59 Å². The minimum Gasteiger partial charge on any atom is -0.296 e. The van der Waals surface area contributed by atoms with E-state index in [1.165, 1.54) is 29.4 Å². The van der Waals surface area contributed by atoms with Gasteiger partial charge in [0.2, 0.25) is 0 Å². The number of carbonyl (C=O) groups excluding carboxylic acids is 2. The first kappa shape index (κ1) is 18.0. The van der Waals surface area contributed by atoms with Crippen LogP contribution >= 0.6 is 23.1 Å². The summed E-state index contributed by atoms with van der Waals surface area (Å²) in [7, 11) is 0. The number of nitrogens with one attached hydrogen (secondary N) is 2. The molecule has 0 fully saturated rings. The van der Waals surface area contributed by atoms with Crippen molar-refractivity contribution in [3.63, 3.8) is 0 Å². The van der Waals surface area contributed by atoms with Crippen molar-refractivity contribution in [2.75, 3.05) is 5.32 Å². The third-order valence-electron chi connectivity index (χ3n) is 3.61. The van der Waals surface area contributed by atoms with Crippen LogP contribution in [-0.4, -0.2) is 36.8 Å². The maximum absolute atomic E-state index is 12.9. The number of hydrogen-bond donors (Lipinski definition) is 2. The molecule has 10 heteroatoms. The lowest BCUT2D eigenvalue weighted by atomic mass is 10.0. The standard InChI is InChI=1S/C18H12N6O2S2/c25-15(11-4-2-1-3-5-11)12-6-7-13(28-18-20-10-21-24-18)22-14(12)16(26)23-17-19-8-9-27-17/h1-10H,(H,19,23,26)(H,20,21,24). The number of nitrogens with zero attached hydrogens (tertiary/aromatic N) is 4. The van der Waals surface area contributed by atoms with Gasteiger partial charge in [-0.15, -0.1) is 11.3 Å². The van der Waals surface area contributed by atoms with Crippen LogP contribution in [0.3, 0.4) is 0 Å². The molecule has 138 valence electrons. The van der Waals surface area contributed by atoms with E-state index in [1.807, 2.05) is 6.07 Å². The number of amides is 1. The number of aromatic nitrogens is 5. The highest BCUT2D eigenvalue weighted by Crippen LogP contribution is 2.25. The number of thiazole rings is 1. The maximum atomic E-state index is 12.9. The number of ketones is 1. The van der Waals surface area contributed by atoms with Crippen molar-refractivity contribution in [2.24, 2.45) is 0 Å². The van der Waals surface area contributed by atoms with Crippen molar-refractivity contribution in [2.45, 2.75) is 10.2 Å². The molecule has 0 bridgehead atoms. The summed E-state index contributed by atoms with van der Waals surface area (Å²) in [5.41, 5.74) is 0.707. The van der Waals surface area contributed by atoms with Crippen molar-refractivity contribution in [1.29, 1.82) is 0 Å². The molecule has 28 heavy (non-hydrogen) atoms. The fraction of sp³-hybridized carbons (Fsp3) is 0. The summed E-state index contributed by atoms with van der Waals surface area (Å²) in [4.78, 5) is 38.2. The van der Waals surface area contributed by atoms with Gasteiger partial charge in [-0.2, -0.15) is 5.10 Å². The molecule has 0 atom stereocenters. The molecule has 2 N–H and O–H groups in total. The van der Waals surface area contributed by atoms with Gasteiger partial charge in [0.05, 0.1) is 5.56 Å². The topological polar surface area (TPSA) is 114 Å². The number of pyridine rings is 1. The van der Waals surface area contributed by atoms with Crippen LogP contribution in [0.1, 0.15) is 26.4 Å². The van der Waals surface area contributed by atoms with E-state index in [9.17, 15) is 9.59 Å². The highest BCUT2D eigenvalue weighted by atomic mass is 32.2. The summed E-state index contributed by atoms with van der Waals surface area (Å²) in [6.07, 6.45) is 2.96. The molecule has 0 aliphatic heterocycles. The predicted octanol–water partition coefficient (Wildman–Crippen LogP) is 3.29. The lowest BCUT2D eigenvalue weighted by Crippen LogP contribution is -2.19. The van der Waals surface area contributed by atoms with E-state index in [0.717, 1.165) is 0 Å². The van der Waals surface area contributed by atoms with E-state index in [4.69, 9.17) is 0 Å². The number of rotatable bonds is 6. The molecule has 4 rings (SSSR count). The number of anilines is 1. The first-order valence-corrected chi connectivity index (χ1v) is 9.75. The Morgan fingerprint density at radius 1 is 1.07 bits per heavy atom. The van der Waals surface area contributed by atoms with Gasteiger partial charge in [0.1, 0.15) is 17.0 Å². The van der Waals surface area contributed by atoms with Crippen LogP contribution in [-0.2, 0) is 0 Å². The molecule has 0 unspecified atom stereocenters. The van der Waals surface area contributed by atoms with E-state index in [1.54, 1.807) is 48.0 Å². The molecule has 0 saturated heterocycles. The van der Waals surface area contributed by atoms with Crippen LogP contribution in [0.25, 0.3) is 0 Å². The second-order valence-electron chi connectivity index (χ2n) is 5.42. The average Bonchev–Trinajstić information content (AvgIpc) is 3.42. The summed E-state index contributed by atoms with van der Waals surface area (Å²) in [5, 5.41) is 12.4. The Morgan fingerprint density at radius 3 is 2.64 bits per heavy atom. The monoisotopic (exact) mass is 408 g/mol. The number of hydrogen-bond acceptors (Lipinski definition) is 8. The first-order valence-electron chi connectivity index (χ1n) is 8.05.